The smallest absolute Gasteiger partial charge is 0.237 e. The van der Waals surface area contributed by atoms with Crippen LogP contribution in [0.2, 0.25) is 0 Å². The highest BCUT2D eigenvalue weighted by Crippen LogP contribution is 2.31. The predicted octanol–water partition coefficient (Wildman–Crippen LogP) is 4.09. The number of amides is 1. The predicted molar refractivity (Wildman–Crippen MR) is 104 cm³/mol. The van der Waals surface area contributed by atoms with Gasteiger partial charge in [-0.3, -0.25) is 4.79 Å². The van der Waals surface area contributed by atoms with Gasteiger partial charge in [-0.1, -0.05) is 44.2 Å². The minimum atomic E-state index is -0.459. The molecule has 6 heteroatoms. The highest BCUT2D eigenvalue weighted by Gasteiger charge is 2.21. The molecule has 0 saturated heterocycles. The molecule has 24 heavy (non-hydrogen) atoms. The van der Waals surface area contributed by atoms with Crippen LogP contribution in [0.1, 0.15) is 43.8 Å². The van der Waals surface area contributed by atoms with Crippen LogP contribution in [0.3, 0.4) is 0 Å². The maximum atomic E-state index is 12.2. The molecule has 4 nitrogen and oxygen atoms in total. The van der Waals surface area contributed by atoms with E-state index in [0.29, 0.717) is 12.3 Å². The van der Waals surface area contributed by atoms with Crippen LogP contribution in [0.4, 0.5) is 0 Å². The van der Waals surface area contributed by atoms with Crippen LogP contribution in [-0.4, -0.2) is 16.9 Å². The zero-order chi connectivity index (χ0) is 17.0. The topological polar surface area (TPSA) is 68.0 Å². The molecule has 0 aliphatic carbocycles. The summed E-state index contributed by atoms with van der Waals surface area (Å²) in [6.07, 6.45) is 0.690. The molecule has 2 atom stereocenters. The Hall–Kier alpha value is -1.43. The van der Waals surface area contributed by atoms with Crippen molar-refractivity contribution in [2.75, 3.05) is 0 Å². The Kier molecular flexibility index (Phi) is 7.87. The molecule has 132 valence electrons. The number of nitrogens with one attached hydrogen (secondary N) is 1. The van der Waals surface area contributed by atoms with Crippen LogP contribution in [-0.2, 0) is 4.79 Å². The number of nitrogens with two attached hydrogens (primary N) is 1. The third-order valence-electron chi connectivity index (χ3n) is 3.67. The standard InChI is InChI=1S/C18H25N3OS.ClH/c1-11(2)10-15(19)17(22)20-12(3)16-13(4)21-18(23-16)14-8-6-5-7-9-14;/h5-9,11-12,15H,10,19H2,1-4H3,(H,20,22);1H/t12?,15-;/m0./s1. The number of carbonyl (C=O) groups is 1. The molecule has 0 saturated carbocycles. The number of aryl methyl sites for hydroxylation is 1. The first-order chi connectivity index (χ1) is 10.9. The van der Waals surface area contributed by atoms with Crippen molar-refractivity contribution in [1.29, 1.82) is 0 Å². The molecule has 0 fully saturated rings. The zero-order valence-corrected chi connectivity index (χ0v) is 16.2. The Morgan fingerprint density at radius 3 is 2.46 bits per heavy atom. The Morgan fingerprint density at radius 1 is 1.25 bits per heavy atom. The average molecular weight is 368 g/mol. The lowest BCUT2D eigenvalue weighted by atomic mass is 10.0. The monoisotopic (exact) mass is 367 g/mol. The van der Waals surface area contributed by atoms with Crippen LogP contribution >= 0.6 is 23.7 Å². The molecule has 1 aromatic heterocycles. The van der Waals surface area contributed by atoms with E-state index in [4.69, 9.17) is 5.73 Å². The number of rotatable bonds is 6. The normalized spacial score (nSPS) is 13.2. The third-order valence-corrected chi connectivity index (χ3v) is 5.06. The summed E-state index contributed by atoms with van der Waals surface area (Å²) >= 11 is 1.62. The van der Waals surface area contributed by atoms with Gasteiger partial charge in [0.1, 0.15) is 5.01 Å². The second kappa shape index (κ2) is 9.16. The van der Waals surface area contributed by atoms with E-state index in [2.05, 4.69) is 24.1 Å². The number of carbonyl (C=O) groups excluding carboxylic acids is 1. The molecular weight excluding hydrogens is 342 g/mol. The Labute approximate surface area is 154 Å². The maximum absolute atomic E-state index is 12.2. The molecular formula is C18H26ClN3OS. The fourth-order valence-electron chi connectivity index (χ4n) is 2.52. The number of halogens is 1. The first-order valence-corrected chi connectivity index (χ1v) is 8.78. The van der Waals surface area contributed by atoms with Crippen molar-refractivity contribution >= 4 is 29.7 Å². The van der Waals surface area contributed by atoms with Crippen molar-refractivity contribution < 1.29 is 4.79 Å². The van der Waals surface area contributed by atoms with Gasteiger partial charge in [-0.25, -0.2) is 4.98 Å². The van der Waals surface area contributed by atoms with E-state index >= 15 is 0 Å². The molecule has 0 radical (unpaired) electrons. The van der Waals surface area contributed by atoms with Gasteiger partial charge < -0.3 is 11.1 Å². The summed E-state index contributed by atoms with van der Waals surface area (Å²) in [6, 6.07) is 9.54. The van der Waals surface area contributed by atoms with Crippen LogP contribution in [0.15, 0.2) is 30.3 Å². The molecule has 1 amide bonds. The Balaban J connectivity index is 0.00000288. The number of hydrogen-bond acceptors (Lipinski definition) is 4. The SMILES string of the molecule is Cc1nc(-c2ccccc2)sc1C(C)NC(=O)[C@@H](N)CC(C)C.Cl. The van der Waals surface area contributed by atoms with Gasteiger partial charge in [0.05, 0.1) is 22.7 Å². The summed E-state index contributed by atoms with van der Waals surface area (Å²) in [5.74, 6) is 0.307. The fraction of sp³-hybridized carbons (Fsp3) is 0.444. The van der Waals surface area contributed by atoms with E-state index in [-0.39, 0.29) is 24.4 Å². The van der Waals surface area contributed by atoms with Gasteiger partial charge in [0, 0.05) is 5.56 Å². The zero-order valence-electron chi connectivity index (χ0n) is 14.6. The minimum Gasteiger partial charge on any atom is -0.347 e. The van der Waals surface area contributed by atoms with E-state index in [1.54, 1.807) is 11.3 Å². The molecule has 0 aliphatic rings. The van der Waals surface area contributed by atoms with Gasteiger partial charge in [0.25, 0.3) is 0 Å². The van der Waals surface area contributed by atoms with Crippen LogP contribution < -0.4 is 11.1 Å². The quantitative estimate of drug-likeness (QED) is 0.807. The molecule has 1 unspecified atom stereocenters. The number of hydrogen-bond donors (Lipinski definition) is 2. The molecule has 1 aromatic carbocycles. The van der Waals surface area contributed by atoms with Crippen LogP contribution in [0, 0.1) is 12.8 Å². The van der Waals surface area contributed by atoms with E-state index in [1.165, 1.54) is 0 Å². The molecule has 0 spiro atoms. The molecule has 0 aliphatic heterocycles. The van der Waals surface area contributed by atoms with Crippen LogP contribution in [0.25, 0.3) is 10.6 Å². The maximum Gasteiger partial charge on any atom is 0.237 e. The van der Waals surface area contributed by atoms with Crippen molar-refractivity contribution in [1.82, 2.24) is 10.3 Å². The fourth-order valence-corrected chi connectivity index (χ4v) is 3.59. The van der Waals surface area contributed by atoms with Crippen molar-refractivity contribution in [3.05, 3.63) is 40.9 Å². The first kappa shape index (κ1) is 20.6. The summed E-state index contributed by atoms with van der Waals surface area (Å²) in [4.78, 5) is 17.9. The summed E-state index contributed by atoms with van der Waals surface area (Å²) in [7, 11) is 0. The lowest BCUT2D eigenvalue weighted by Crippen LogP contribution is -2.42. The highest BCUT2D eigenvalue weighted by atomic mass is 35.5. The number of thiazole rings is 1. The molecule has 2 aromatic rings. The van der Waals surface area contributed by atoms with Gasteiger partial charge in [-0.15, -0.1) is 23.7 Å². The summed E-state index contributed by atoms with van der Waals surface area (Å²) in [5, 5.41) is 3.99. The van der Waals surface area contributed by atoms with Gasteiger partial charge in [-0.2, -0.15) is 0 Å². The summed E-state index contributed by atoms with van der Waals surface area (Å²) in [5.41, 5.74) is 8.01. The molecule has 2 rings (SSSR count). The van der Waals surface area contributed by atoms with Gasteiger partial charge in [0.2, 0.25) is 5.91 Å². The second-order valence-corrected chi connectivity index (χ2v) is 7.33. The minimum absolute atomic E-state index is 0. The van der Waals surface area contributed by atoms with Crippen molar-refractivity contribution in [2.45, 2.75) is 46.2 Å². The Morgan fingerprint density at radius 2 is 1.88 bits per heavy atom. The average Bonchev–Trinajstić information content (AvgIpc) is 2.89. The van der Waals surface area contributed by atoms with Crippen molar-refractivity contribution in [2.24, 2.45) is 11.7 Å². The van der Waals surface area contributed by atoms with Crippen molar-refractivity contribution in [3.63, 3.8) is 0 Å². The van der Waals surface area contributed by atoms with Gasteiger partial charge in [-0.05, 0) is 26.2 Å². The lowest BCUT2D eigenvalue weighted by Gasteiger charge is -2.18. The number of aromatic nitrogens is 1. The second-order valence-electron chi connectivity index (χ2n) is 6.30. The van der Waals surface area contributed by atoms with Crippen molar-refractivity contribution in [3.8, 4) is 10.6 Å². The first-order valence-electron chi connectivity index (χ1n) is 7.97. The van der Waals surface area contributed by atoms with Gasteiger partial charge in [0.15, 0.2) is 0 Å². The van der Waals surface area contributed by atoms with Crippen LogP contribution in [0.5, 0.6) is 0 Å². The number of nitrogens with zero attached hydrogens (tertiary/aromatic N) is 1. The van der Waals surface area contributed by atoms with Gasteiger partial charge >= 0.3 is 0 Å². The summed E-state index contributed by atoms with van der Waals surface area (Å²) < 4.78 is 0. The van der Waals surface area contributed by atoms with E-state index in [0.717, 1.165) is 21.1 Å². The molecule has 0 bridgehead atoms. The number of benzene rings is 1. The van der Waals surface area contributed by atoms with E-state index in [9.17, 15) is 4.79 Å². The third kappa shape index (κ3) is 5.30. The largest absolute Gasteiger partial charge is 0.347 e. The Bertz CT molecular complexity index is 658. The lowest BCUT2D eigenvalue weighted by molar-refractivity contribution is -0.123. The highest BCUT2D eigenvalue weighted by molar-refractivity contribution is 7.15. The van der Waals surface area contributed by atoms with E-state index in [1.807, 2.05) is 44.2 Å². The van der Waals surface area contributed by atoms with E-state index < -0.39 is 6.04 Å². The summed E-state index contributed by atoms with van der Waals surface area (Å²) in [6.45, 7) is 8.09. The molecule has 3 N–H and O–H groups in total. The molecule has 1 heterocycles.